The van der Waals surface area contributed by atoms with Crippen LogP contribution in [0.5, 0.6) is 0 Å². The molecular weight excluding hydrogens is 192 g/mol. The van der Waals surface area contributed by atoms with E-state index in [-0.39, 0.29) is 5.91 Å². The zero-order valence-electron chi connectivity index (χ0n) is 9.10. The summed E-state index contributed by atoms with van der Waals surface area (Å²) in [6.45, 7) is 2.01. The van der Waals surface area contributed by atoms with Crippen LogP contribution < -0.4 is 5.32 Å². The molecule has 2 heterocycles. The monoisotopic (exact) mass is 208 g/mol. The zero-order chi connectivity index (χ0) is 10.8. The van der Waals surface area contributed by atoms with Gasteiger partial charge in [-0.3, -0.25) is 4.79 Å². The lowest BCUT2D eigenvalue weighted by Crippen LogP contribution is -2.22. The first-order valence-electron chi connectivity index (χ1n) is 5.14. The van der Waals surface area contributed by atoms with Crippen LogP contribution in [0.15, 0.2) is 12.5 Å². The number of imidazole rings is 1. The molecule has 1 aliphatic rings. The van der Waals surface area contributed by atoms with Gasteiger partial charge < -0.3 is 14.8 Å². The summed E-state index contributed by atoms with van der Waals surface area (Å²) in [5.74, 6) is -0.0419. The first-order valence-corrected chi connectivity index (χ1v) is 5.14. The molecule has 2 rings (SSSR count). The number of amides is 1. The summed E-state index contributed by atoms with van der Waals surface area (Å²) in [5, 5.41) is 3.29. The summed E-state index contributed by atoms with van der Waals surface area (Å²) in [4.78, 5) is 17.3. The van der Waals surface area contributed by atoms with Gasteiger partial charge in [0.1, 0.15) is 5.69 Å². The number of rotatable bonds is 2. The summed E-state index contributed by atoms with van der Waals surface area (Å²) in [5.41, 5.74) is 0.520. The van der Waals surface area contributed by atoms with Crippen LogP contribution in [0.3, 0.4) is 0 Å². The predicted octanol–water partition coefficient (Wildman–Crippen LogP) is 0.119. The number of carbonyl (C=O) groups excluding carboxylic acids is 1. The van der Waals surface area contributed by atoms with Gasteiger partial charge in [0.2, 0.25) is 0 Å². The van der Waals surface area contributed by atoms with Crippen LogP contribution in [0.4, 0.5) is 0 Å². The van der Waals surface area contributed by atoms with Crippen molar-refractivity contribution in [2.24, 2.45) is 0 Å². The van der Waals surface area contributed by atoms with E-state index in [4.69, 9.17) is 0 Å². The van der Waals surface area contributed by atoms with Gasteiger partial charge in [-0.15, -0.1) is 0 Å². The molecule has 1 N–H and O–H groups in total. The van der Waals surface area contributed by atoms with Gasteiger partial charge in [-0.05, 0) is 13.0 Å². The van der Waals surface area contributed by atoms with Crippen molar-refractivity contribution in [3.05, 3.63) is 18.2 Å². The number of nitrogens with zero attached hydrogens (tertiary/aromatic N) is 3. The highest BCUT2D eigenvalue weighted by Crippen LogP contribution is 2.15. The van der Waals surface area contributed by atoms with Gasteiger partial charge in [-0.1, -0.05) is 0 Å². The van der Waals surface area contributed by atoms with E-state index in [1.54, 1.807) is 25.3 Å². The van der Waals surface area contributed by atoms with Crippen LogP contribution in [-0.4, -0.2) is 47.5 Å². The molecule has 1 saturated heterocycles. The van der Waals surface area contributed by atoms with E-state index in [1.165, 1.54) is 0 Å². The standard InChI is InChI=1S/C10H16N4O/c1-13(2)10(15)9-6-14(7-12-9)8-3-4-11-5-8/h6-8,11H,3-5H2,1-2H3. The van der Waals surface area contributed by atoms with Crippen molar-refractivity contribution in [3.8, 4) is 0 Å². The van der Waals surface area contributed by atoms with E-state index in [0.29, 0.717) is 11.7 Å². The molecule has 1 aromatic rings. The maximum atomic E-state index is 11.6. The van der Waals surface area contributed by atoms with Crippen molar-refractivity contribution in [1.82, 2.24) is 19.8 Å². The Morgan fingerprint density at radius 2 is 2.47 bits per heavy atom. The number of aromatic nitrogens is 2. The topological polar surface area (TPSA) is 50.2 Å². The smallest absolute Gasteiger partial charge is 0.273 e. The Balaban J connectivity index is 2.12. The molecule has 5 nitrogen and oxygen atoms in total. The molecule has 1 unspecified atom stereocenters. The third kappa shape index (κ3) is 2.02. The molecule has 0 bridgehead atoms. The summed E-state index contributed by atoms with van der Waals surface area (Å²) in [6.07, 6.45) is 4.68. The predicted molar refractivity (Wildman–Crippen MR) is 56.8 cm³/mol. The van der Waals surface area contributed by atoms with E-state index in [9.17, 15) is 4.79 Å². The first-order chi connectivity index (χ1) is 7.18. The van der Waals surface area contributed by atoms with E-state index >= 15 is 0 Å². The molecule has 1 fully saturated rings. The van der Waals surface area contributed by atoms with Gasteiger partial charge in [0.15, 0.2) is 0 Å². The second-order valence-corrected chi connectivity index (χ2v) is 4.05. The minimum absolute atomic E-state index is 0.0419. The SMILES string of the molecule is CN(C)C(=O)c1cn(C2CCNC2)cn1. The molecule has 1 atom stereocenters. The van der Waals surface area contributed by atoms with Crippen molar-refractivity contribution in [2.45, 2.75) is 12.5 Å². The highest BCUT2D eigenvalue weighted by molar-refractivity contribution is 5.91. The lowest BCUT2D eigenvalue weighted by atomic mass is 10.2. The lowest BCUT2D eigenvalue weighted by molar-refractivity contribution is 0.0822. The Bertz CT molecular complexity index is 352. The zero-order valence-corrected chi connectivity index (χ0v) is 9.10. The summed E-state index contributed by atoms with van der Waals surface area (Å²) < 4.78 is 2.02. The van der Waals surface area contributed by atoms with Crippen LogP contribution in [0, 0.1) is 0 Å². The Morgan fingerprint density at radius 3 is 3.07 bits per heavy atom. The Kier molecular flexibility index (Phi) is 2.73. The molecule has 0 aliphatic carbocycles. The fourth-order valence-corrected chi connectivity index (χ4v) is 1.77. The molecule has 1 amide bonds. The van der Waals surface area contributed by atoms with E-state index in [2.05, 4.69) is 10.3 Å². The molecule has 5 heteroatoms. The highest BCUT2D eigenvalue weighted by Gasteiger charge is 2.18. The van der Waals surface area contributed by atoms with Gasteiger partial charge in [-0.25, -0.2) is 4.98 Å². The molecule has 82 valence electrons. The van der Waals surface area contributed by atoms with E-state index in [1.807, 2.05) is 10.8 Å². The average molecular weight is 208 g/mol. The Hall–Kier alpha value is -1.36. The van der Waals surface area contributed by atoms with Gasteiger partial charge in [-0.2, -0.15) is 0 Å². The summed E-state index contributed by atoms with van der Waals surface area (Å²) in [7, 11) is 3.47. The quantitative estimate of drug-likeness (QED) is 0.751. The minimum Gasteiger partial charge on any atom is -0.343 e. The number of hydrogen-bond acceptors (Lipinski definition) is 3. The van der Waals surface area contributed by atoms with E-state index < -0.39 is 0 Å². The summed E-state index contributed by atoms with van der Waals surface area (Å²) >= 11 is 0. The van der Waals surface area contributed by atoms with Gasteiger partial charge >= 0.3 is 0 Å². The number of carbonyl (C=O) groups is 1. The molecule has 1 aliphatic heterocycles. The van der Waals surface area contributed by atoms with Crippen LogP contribution >= 0.6 is 0 Å². The van der Waals surface area contributed by atoms with Crippen LogP contribution in [0.25, 0.3) is 0 Å². The van der Waals surface area contributed by atoms with Gasteiger partial charge in [0.05, 0.1) is 6.33 Å². The Morgan fingerprint density at radius 1 is 1.67 bits per heavy atom. The van der Waals surface area contributed by atoms with Crippen LogP contribution in [0.1, 0.15) is 23.0 Å². The van der Waals surface area contributed by atoms with Gasteiger partial charge in [0, 0.05) is 32.9 Å². The van der Waals surface area contributed by atoms with Crippen molar-refractivity contribution in [1.29, 1.82) is 0 Å². The molecule has 0 spiro atoms. The molecular formula is C10H16N4O. The second-order valence-electron chi connectivity index (χ2n) is 4.05. The van der Waals surface area contributed by atoms with Crippen LogP contribution in [0.2, 0.25) is 0 Å². The lowest BCUT2D eigenvalue weighted by Gasteiger charge is -2.09. The number of nitrogens with one attached hydrogen (secondary N) is 1. The fourth-order valence-electron chi connectivity index (χ4n) is 1.77. The maximum Gasteiger partial charge on any atom is 0.273 e. The average Bonchev–Trinajstić information content (AvgIpc) is 2.86. The minimum atomic E-state index is -0.0419. The van der Waals surface area contributed by atoms with E-state index in [0.717, 1.165) is 19.5 Å². The Labute approximate surface area is 89.1 Å². The first kappa shape index (κ1) is 10.2. The maximum absolute atomic E-state index is 11.6. The summed E-state index contributed by atoms with van der Waals surface area (Å²) in [6, 6.07) is 0.446. The fraction of sp³-hybridized carbons (Fsp3) is 0.600. The largest absolute Gasteiger partial charge is 0.343 e. The molecule has 1 aromatic heterocycles. The second kappa shape index (κ2) is 4.02. The molecule has 15 heavy (non-hydrogen) atoms. The van der Waals surface area contributed by atoms with Crippen molar-refractivity contribution < 1.29 is 4.79 Å². The van der Waals surface area contributed by atoms with Gasteiger partial charge in [0.25, 0.3) is 5.91 Å². The third-order valence-corrected chi connectivity index (χ3v) is 2.68. The molecule has 0 aromatic carbocycles. The highest BCUT2D eigenvalue weighted by atomic mass is 16.2. The molecule has 0 radical (unpaired) electrons. The normalized spacial score (nSPS) is 20.5. The van der Waals surface area contributed by atoms with Crippen molar-refractivity contribution in [2.75, 3.05) is 27.2 Å². The third-order valence-electron chi connectivity index (χ3n) is 2.68. The molecule has 0 saturated carbocycles. The number of hydrogen-bond donors (Lipinski definition) is 1. The van der Waals surface area contributed by atoms with Crippen molar-refractivity contribution in [3.63, 3.8) is 0 Å². The van der Waals surface area contributed by atoms with Crippen molar-refractivity contribution >= 4 is 5.91 Å². The van der Waals surface area contributed by atoms with Crippen LogP contribution in [-0.2, 0) is 0 Å².